The average molecular weight is 439 g/mol. The molecule has 0 fully saturated rings. The highest BCUT2D eigenvalue weighted by Gasteiger charge is 2.26. The van der Waals surface area contributed by atoms with E-state index in [0.29, 0.717) is 11.6 Å². The first-order valence-electron chi connectivity index (χ1n) is 10.3. The number of nitro groups is 1. The maximum absolute atomic E-state index is 13.6. The first kappa shape index (κ1) is 21.7. The molecule has 0 atom stereocenters. The third kappa shape index (κ3) is 4.72. The molecule has 4 rings (SSSR count). The first-order valence-corrected chi connectivity index (χ1v) is 10.3. The number of nitrogens with zero attached hydrogens (tertiary/aromatic N) is 3. The fraction of sp³-hybridized carbons (Fsp3) is 0.0769. The second-order valence-electron chi connectivity index (χ2n) is 7.25. The Kier molecular flexibility index (Phi) is 6.40. The van der Waals surface area contributed by atoms with Gasteiger partial charge in [-0.05, 0) is 28.8 Å². The zero-order chi connectivity index (χ0) is 23.2. The molecular weight excluding hydrogens is 418 g/mol. The number of anilines is 1. The van der Waals surface area contributed by atoms with E-state index in [1.54, 1.807) is 24.3 Å². The number of amides is 1. The zero-order valence-electron chi connectivity index (χ0n) is 17.9. The van der Waals surface area contributed by atoms with Crippen molar-refractivity contribution < 1.29 is 14.5 Å². The third-order valence-electron chi connectivity index (χ3n) is 5.25. The minimum Gasteiger partial charge on any atom is -0.481 e. The molecule has 1 amide bonds. The normalized spacial score (nSPS) is 10.5. The van der Waals surface area contributed by atoms with E-state index in [2.05, 4.69) is 4.98 Å². The van der Waals surface area contributed by atoms with Gasteiger partial charge in [-0.1, -0.05) is 66.7 Å². The smallest absolute Gasteiger partial charge is 0.282 e. The number of para-hydroxylation sites is 1. The van der Waals surface area contributed by atoms with Crippen LogP contribution in [-0.4, -0.2) is 22.9 Å². The maximum Gasteiger partial charge on any atom is 0.282 e. The number of hydrogen-bond acceptors (Lipinski definition) is 5. The van der Waals surface area contributed by atoms with Gasteiger partial charge in [0.15, 0.2) is 0 Å². The molecule has 0 aliphatic carbocycles. The minimum atomic E-state index is -0.546. The van der Waals surface area contributed by atoms with Crippen molar-refractivity contribution in [3.05, 3.63) is 118 Å². The highest BCUT2D eigenvalue weighted by Crippen LogP contribution is 2.29. The van der Waals surface area contributed by atoms with Crippen LogP contribution in [0.25, 0.3) is 11.1 Å². The summed E-state index contributed by atoms with van der Waals surface area (Å²) in [5, 5.41) is 11.6. The number of nitro benzene ring substituents is 1. The molecule has 1 aromatic heterocycles. The monoisotopic (exact) mass is 439 g/mol. The van der Waals surface area contributed by atoms with Crippen molar-refractivity contribution in [3.63, 3.8) is 0 Å². The lowest BCUT2D eigenvalue weighted by molar-refractivity contribution is -0.385. The quantitative estimate of drug-likeness (QED) is 0.280. The summed E-state index contributed by atoms with van der Waals surface area (Å²) in [6.07, 6.45) is 1.52. The summed E-state index contributed by atoms with van der Waals surface area (Å²) in [4.78, 5) is 30.4. The Hall–Kier alpha value is -4.52. The molecule has 7 nitrogen and oxygen atoms in total. The van der Waals surface area contributed by atoms with E-state index in [0.717, 1.165) is 16.7 Å². The Labute approximate surface area is 191 Å². The Morgan fingerprint density at radius 3 is 2.33 bits per heavy atom. The van der Waals surface area contributed by atoms with Gasteiger partial charge in [-0.25, -0.2) is 4.98 Å². The van der Waals surface area contributed by atoms with E-state index < -0.39 is 10.8 Å². The van der Waals surface area contributed by atoms with Gasteiger partial charge in [-0.2, -0.15) is 0 Å². The molecule has 0 saturated carbocycles. The van der Waals surface area contributed by atoms with Crippen LogP contribution < -0.4 is 9.64 Å². The van der Waals surface area contributed by atoms with Crippen LogP contribution in [0.15, 0.2) is 97.2 Å². The lowest BCUT2D eigenvalue weighted by Gasteiger charge is -2.24. The standard InChI is InChI=1S/C26H21N3O4/c1-33-25-16-15-21(17-27-25)28(26(30)23-13-7-8-14-24(23)29(31)32)18-20-11-5-6-12-22(20)19-9-3-2-4-10-19/h2-17H,18H2,1H3. The largest absolute Gasteiger partial charge is 0.481 e. The van der Waals surface area contributed by atoms with Crippen LogP contribution in [0.1, 0.15) is 15.9 Å². The van der Waals surface area contributed by atoms with Gasteiger partial charge in [0.05, 0.1) is 30.5 Å². The number of ether oxygens (including phenoxy) is 1. The summed E-state index contributed by atoms with van der Waals surface area (Å²) in [6.45, 7) is 0.198. The molecule has 0 bridgehead atoms. The summed E-state index contributed by atoms with van der Waals surface area (Å²) < 4.78 is 5.14. The van der Waals surface area contributed by atoms with Crippen LogP contribution in [0, 0.1) is 10.1 Å². The molecule has 0 spiro atoms. The highest BCUT2D eigenvalue weighted by molar-refractivity contribution is 6.08. The van der Waals surface area contributed by atoms with Crippen LogP contribution >= 0.6 is 0 Å². The van der Waals surface area contributed by atoms with Crippen molar-refractivity contribution in [2.75, 3.05) is 12.0 Å². The van der Waals surface area contributed by atoms with Gasteiger partial charge in [0, 0.05) is 12.1 Å². The number of carbonyl (C=O) groups excluding carboxylic acids is 1. The predicted molar refractivity (Wildman–Crippen MR) is 126 cm³/mol. The third-order valence-corrected chi connectivity index (χ3v) is 5.25. The number of carbonyl (C=O) groups is 1. The topological polar surface area (TPSA) is 85.6 Å². The molecule has 1 heterocycles. The molecule has 7 heteroatoms. The van der Waals surface area contributed by atoms with Gasteiger partial charge in [-0.3, -0.25) is 14.9 Å². The summed E-state index contributed by atoms with van der Waals surface area (Å²) in [5.74, 6) is -0.0846. The van der Waals surface area contributed by atoms with Crippen molar-refractivity contribution in [1.29, 1.82) is 0 Å². The molecule has 0 aliphatic heterocycles. The Morgan fingerprint density at radius 1 is 0.939 bits per heavy atom. The lowest BCUT2D eigenvalue weighted by atomic mass is 9.99. The molecular formula is C26H21N3O4. The number of benzene rings is 3. The maximum atomic E-state index is 13.6. The second-order valence-corrected chi connectivity index (χ2v) is 7.25. The van der Waals surface area contributed by atoms with Gasteiger partial charge in [0.25, 0.3) is 11.6 Å². The molecule has 4 aromatic rings. The molecule has 164 valence electrons. The fourth-order valence-electron chi connectivity index (χ4n) is 3.62. The van der Waals surface area contributed by atoms with Crippen LogP contribution in [0.4, 0.5) is 11.4 Å². The number of hydrogen-bond donors (Lipinski definition) is 0. The number of methoxy groups -OCH3 is 1. The summed E-state index contributed by atoms with van der Waals surface area (Å²) in [6, 6.07) is 26.9. The van der Waals surface area contributed by atoms with Crippen LogP contribution in [0.2, 0.25) is 0 Å². The summed E-state index contributed by atoms with van der Waals surface area (Å²) in [5.41, 5.74) is 3.15. The van der Waals surface area contributed by atoms with Crippen molar-refractivity contribution in [1.82, 2.24) is 4.98 Å². The second kappa shape index (κ2) is 9.74. The molecule has 3 aromatic carbocycles. The van der Waals surface area contributed by atoms with Crippen LogP contribution in [0.3, 0.4) is 0 Å². The van der Waals surface area contributed by atoms with Crippen molar-refractivity contribution in [2.24, 2.45) is 0 Å². The minimum absolute atomic E-state index is 0.00973. The summed E-state index contributed by atoms with van der Waals surface area (Å²) in [7, 11) is 1.51. The molecule has 0 saturated heterocycles. The fourth-order valence-corrected chi connectivity index (χ4v) is 3.62. The molecule has 0 radical (unpaired) electrons. The molecule has 0 unspecified atom stereocenters. The molecule has 0 aliphatic rings. The molecule has 33 heavy (non-hydrogen) atoms. The van der Waals surface area contributed by atoms with E-state index in [4.69, 9.17) is 4.74 Å². The van der Waals surface area contributed by atoms with Crippen molar-refractivity contribution in [3.8, 4) is 17.0 Å². The SMILES string of the molecule is COc1ccc(N(Cc2ccccc2-c2ccccc2)C(=O)c2ccccc2[N+](=O)[O-])cn1. The van der Waals surface area contributed by atoms with Gasteiger partial charge >= 0.3 is 0 Å². The van der Waals surface area contributed by atoms with Gasteiger partial charge < -0.3 is 9.64 Å². The molecule has 0 N–H and O–H groups in total. The Balaban J connectivity index is 1.80. The van der Waals surface area contributed by atoms with E-state index in [1.165, 1.54) is 30.3 Å². The van der Waals surface area contributed by atoms with E-state index in [-0.39, 0.29) is 17.8 Å². The van der Waals surface area contributed by atoms with E-state index in [1.807, 2.05) is 54.6 Å². The van der Waals surface area contributed by atoms with Gasteiger partial charge in [0.1, 0.15) is 5.56 Å². The Bertz CT molecular complexity index is 1270. The zero-order valence-corrected chi connectivity index (χ0v) is 17.9. The van der Waals surface area contributed by atoms with Crippen LogP contribution in [0.5, 0.6) is 5.88 Å². The highest BCUT2D eigenvalue weighted by atomic mass is 16.6. The van der Waals surface area contributed by atoms with Gasteiger partial charge in [-0.15, -0.1) is 0 Å². The van der Waals surface area contributed by atoms with Crippen molar-refractivity contribution in [2.45, 2.75) is 6.54 Å². The number of pyridine rings is 1. The van der Waals surface area contributed by atoms with Crippen molar-refractivity contribution >= 4 is 17.3 Å². The number of rotatable bonds is 7. The average Bonchev–Trinajstić information content (AvgIpc) is 2.87. The first-order chi connectivity index (χ1) is 16.1. The van der Waals surface area contributed by atoms with E-state index in [9.17, 15) is 14.9 Å². The van der Waals surface area contributed by atoms with Gasteiger partial charge in [0.2, 0.25) is 5.88 Å². The number of aromatic nitrogens is 1. The predicted octanol–water partition coefficient (Wildman–Crippen LogP) is 5.51. The lowest BCUT2D eigenvalue weighted by Crippen LogP contribution is -2.31. The Morgan fingerprint density at radius 2 is 1.64 bits per heavy atom. The van der Waals surface area contributed by atoms with Crippen LogP contribution in [-0.2, 0) is 6.54 Å². The summed E-state index contributed by atoms with van der Waals surface area (Å²) >= 11 is 0. The van der Waals surface area contributed by atoms with E-state index >= 15 is 0 Å².